The first-order chi connectivity index (χ1) is 13.6. The van der Waals surface area contributed by atoms with Gasteiger partial charge >= 0.3 is 0 Å². The van der Waals surface area contributed by atoms with Crippen molar-refractivity contribution in [1.29, 1.82) is 0 Å². The summed E-state index contributed by atoms with van der Waals surface area (Å²) in [5.41, 5.74) is 1.19. The minimum atomic E-state index is -0.813. The Hall–Kier alpha value is -2.04. The molecule has 2 heterocycles. The van der Waals surface area contributed by atoms with E-state index in [1.54, 1.807) is 0 Å². The van der Waals surface area contributed by atoms with Gasteiger partial charge in [0.05, 0.1) is 0 Å². The monoisotopic (exact) mass is 383 g/mol. The van der Waals surface area contributed by atoms with Crippen molar-refractivity contribution in [3.63, 3.8) is 0 Å². The van der Waals surface area contributed by atoms with Crippen LogP contribution in [0.2, 0.25) is 0 Å². The van der Waals surface area contributed by atoms with E-state index in [-0.39, 0.29) is 11.8 Å². The van der Waals surface area contributed by atoms with Crippen LogP contribution in [-0.2, 0) is 9.59 Å². The minimum absolute atomic E-state index is 0.0472. The number of nitrogens with zero attached hydrogens (tertiary/aromatic N) is 2. The quantitative estimate of drug-likeness (QED) is 0.798. The fourth-order valence-electron chi connectivity index (χ4n) is 4.51. The van der Waals surface area contributed by atoms with Gasteiger partial charge in [0.15, 0.2) is 0 Å². The second-order valence-corrected chi connectivity index (χ2v) is 8.96. The molecule has 28 heavy (non-hydrogen) atoms. The van der Waals surface area contributed by atoms with Crippen LogP contribution in [-0.4, -0.2) is 42.9 Å². The fraction of sp³-hybridized carbons (Fsp3) is 0.652. The molecule has 0 bridgehead atoms. The molecule has 3 fully saturated rings. The lowest BCUT2D eigenvalue weighted by Gasteiger charge is -2.32. The highest BCUT2D eigenvalue weighted by molar-refractivity contribution is 6.13. The van der Waals surface area contributed by atoms with Crippen LogP contribution in [0.3, 0.4) is 0 Å². The summed E-state index contributed by atoms with van der Waals surface area (Å²) in [4.78, 5) is 30.3. The second-order valence-electron chi connectivity index (χ2n) is 8.96. The maximum atomic E-state index is 13.0. The third-order valence-corrected chi connectivity index (χ3v) is 6.76. The van der Waals surface area contributed by atoms with E-state index in [9.17, 15) is 9.59 Å². The standard InChI is InChI=1S/C23H33N3O2/c1-18-10-16-25(17-11-18)20-8-6-19(7-9-20)24-21(27)23(12-13-23)22(28)26-14-4-2-3-5-15-26/h6-9,18H,2-5,10-17H2,1H3,(H,24,27). The summed E-state index contributed by atoms with van der Waals surface area (Å²) in [6, 6.07) is 8.11. The zero-order chi connectivity index (χ0) is 19.6. The number of nitrogens with one attached hydrogen (secondary N) is 1. The van der Waals surface area contributed by atoms with Gasteiger partial charge in [0, 0.05) is 37.6 Å². The van der Waals surface area contributed by atoms with Crippen molar-refractivity contribution in [2.24, 2.45) is 11.3 Å². The van der Waals surface area contributed by atoms with Crippen molar-refractivity contribution in [2.75, 3.05) is 36.4 Å². The maximum absolute atomic E-state index is 13.0. The van der Waals surface area contributed by atoms with E-state index in [1.807, 2.05) is 17.0 Å². The molecular weight excluding hydrogens is 350 g/mol. The Morgan fingerprint density at radius 3 is 2.11 bits per heavy atom. The second kappa shape index (κ2) is 8.14. The van der Waals surface area contributed by atoms with E-state index in [4.69, 9.17) is 0 Å². The van der Waals surface area contributed by atoms with Crippen molar-refractivity contribution < 1.29 is 9.59 Å². The van der Waals surface area contributed by atoms with Crippen LogP contribution >= 0.6 is 0 Å². The van der Waals surface area contributed by atoms with Crippen molar-refractivity contribution in [2.45, 2.75) is 58.3 Å². The molecule has 2 aliphatic heterocycles. The van der Waals surface area contributed by atoms with E-state index < -0.39 is 5.41 Å². The normalized spacial score (nSPS) is 22.5. The third-order valence-electron chi connectivity index (χ3n) is 6.76. The Labute approximate surface area is 168 Å². The number of amides is 2. The van der Waals surface area contributed by atoms with Crippen LogP contribution in [0.4, 0.5) is 11.4 Å². The number of likely N-dealkylation sites (tertiary alicyclic amines) is 1. The van der Waals surface area contributed by atoms with Crippen LogP contribution in [0.1, 0.15) is 58.3 Å². The van der Waals surface area contributed by atoms with Crippen LogP contribution < -0.4 is 10.2 Å². The molecule has 1 saturated carbocycles. The molecule has 2 saturated heterocycles. The van der Waals surface area contributed by atoms with Crippen molar-refractivity contribution in [1.82, 2.24) is 4.90 Å². The van der Waals surface area contributed by atoms with Gasteiger partial charge < -0.3 is 15.1 Å². The molecule has 152 valence electrons. The minimum Gasteiger partial charge on any atom is -0.372 e. The van der Waals surface area contributed by atoms with Crippen molar-refractivity contribution in [3.8, 4) is 0 Å². The lowest BCUT2D eigenvalue weighted by atomic mass is 9.99. The molecule has 1 aliphatic carbocycles. The van der Waals surface area contributed by atoms with Gasteiger partial charge in [0.2, 0.25) is 11.8 Å². The Kier molecular flexibility index (Phi) is 5.61. The number of hydrogen-bond acceptors (Lipinski definition) is 3. The first-order valence-corrected chi connectivity index (χ1v) is 11.0. The topological polar surface area (TPSA) is 52.7 Å². The lowest BCUT2D eigenvalue weighted by molar-refractivity contribution is -0.142. The van der Waals surface area contributed by atoms with E-state index in [0.29, 0.717) is 12.8 Å². The lowest BCUT2D eigenvalue weighted by Crippen LogP contribution is -2.43. The van der Waals surface area contributed by atoms with Crippen molar-refractivity contribution >= 4 is 23.2 Å². The van der Waals surface area contributed by atoms with E-state index in [1.165, 1.54) is 31.4 Å². The zero-order valence-electron chi connectivity index (χ0n) is 17.1. The molecule has 1 aromatic rings. The molecule has 0 spiro atoms. The van der Waals surface area contributed by atoms with Gasteiger partial charge in [-0.05, 0) is 68.7 Å². The highest BCUT2D eigenvalue weighted by Crippen LogP contribution is 2.48. The van der Waals surface area contributed by atoms with Crippen LogP contribution in [0, 0.1) is 11.3 Å². The largest absolute Gasteiger partial charge is 0.372 e. The van der Waals surface area contributed by atoms with Gasteiger partial charge in [-0.15, -0.1) is 0 Å². The molecule has 1 aromatic carbocycles. The molecule has 5 heteroatoms. The predicted octanol–water partition coefficient (Wildman–Crippen LogP) is 4.04. The zero-order valence-corrected chi connectivity index (χ0v) is 17.1. The van der Waals surface area contributed by atoms with Gasteiger partial charge in [-0.25, -0.2) is 0 Å². The van der Waals surface area contributed by atoms with Gasteiger partial charge in [0.25, 0.3) is 0 Å². The molecule has 0 radical (unpaired) electrons. The van der Waals surface area contributed by atoms with E-state index >= 15 is 0 Å². The van der Waals surface area contributed by atoms with E-state index in [0.717, 1.165) is 50.6 Å². The van der Waals surface area contributed by atoms with Gasteiger partial charge in [0.1, 0.15) is 5.41 Å². The molecule has 0 atom stereocenters. The van der Waals surface area contributed by atoms with Gasteiger partial charge in [-0.1, -0.05) is 19.8 Å². The number of piperidine rings is 1. The molecule has 4 rings (SSSR count). The number of benzene rings is 1. The smallest absolute Gasteiger partial charge is 0.240 e. The van der Waals surface area contributed by atoms with E-state index in [2.05, 4.69) is 29.3 Å². The molecule has 5 nitrogen and oxygen atoms in total. The summed E-state index contributed by atoms with van der Waals surface area (Å²) in [7, 11) is 0. The van der Waals surface area contributed by atoms with Gasteiger partial charge in [-0.2, -0.15) is 0 Å². The highest BCUT2D eigenvalue weighted by atomic mass is 16.2. The number of carbonyl (C=O) groups is 2. The first-order valence-electron chi connectivity index (χ1n) is 11.0. The molecule has 1 N–H and O–H groups in total. The summed E-state index contributed by atoms with van der Waals surface area (Å²) in [6.45, 7) is 6.12. The van der Waals surface area contributed by atoms with Crippen LogP contribution in [0.15, 0.2) is 24.3 Å². The summed E-state index contributed by atoms with van der Waals surface area (Å²) < 4.78 is 0. The Bertz CT molecular complexity index is 695. The summed E-state index contributed by atoms with van der Waals surface area (Å²) >= 11 is 0. The average molecular weight is 384 g/mol. The first kappa shape index (κ1) is 19.3. The SMILES string of the molecule is CC1CCN(c2ccc(NC(=O)C3(C(=O)N4CCCCCC4)CC3)cc2)CC1. The summed E-state index contributed by atoms with van der Waals surface area (Å²) in [5.74, 6) is 0.735. The van der Waals surface area contributed by atoms with Crippen LogP contribution in [0.25, 0.3) is 0 Å². The average Bonchev–Trinajstić information content (AvgIpc) is 3.54. The fourth-order valence-corrected chi connectivity index (χ4v) is 4.51. The molecular formula is C23H33N3O2. The number of carbonyl (C=O) groups excluding carboxylic acids is 2. The third kappa shape index (κ3) is 4.03. The highest BCUT2D eigenvalue weighted by Gasteiger charge is 2.57. The summed E-state index contributed by atoms with van der Waals surface area (Å²) in [5, 5.41) is 3.01. The number of rotatable bonds is 4. The van der Waals surface area contributed by atoms with Crippen molar-refractivity contribution in [3.05, 3.63) is 24.3 Å². The Morgan fingerprint density at radius 2 is 1.54 bits per heavy atom. The maximum Gasteiger partial charge on any atom is 0.240 e. The molecule has 0 aromatic heterocycles. The summed E-state index contributed by atoms with van der Waals surface area (Å²) in [6.07, 6.45) is 8.31. The molecule has 0 unspecified atom stereocenters. The number of anilines is 2. The Balaban J connectivity index is 1.37. The van der Waals surface area contributed by atoms with Gasteiger partial charge in [-0.3, -0.25) is 9.59 Å². The predicted molar refractivity (Wildman–Crippen MR) is 112 cm³/mol. The number of hydrogen-bond donors (Lipinski definition) is 1. The molecule has 2 amide bonds. The molecule has 3 aliphatic rings. The Morgan fingerprint density at radius 1 is 0.929 bits per heavy atom. The van der Waals surface area contributed by atoms with Crippen LogP contribution in [0.5, 0.6) is 0 Å².